The van der Waals surface area contributed by atoms with Gasteiger partial charge in [-0.25, -0.2) is 4.79 Å². The van der Waals surface area contributed by atoms with Gasteiger partial charge in [0.15, 0.2) is 0 Å². The zero-order chi connectivity index (χ0) is 19.4. The molecule has 0 radical (unpaired) electrons. The maximum absolute atomic E-state index is 12.3. The summed E-state index contributed by atoms with van der Waals surface area (Å²) in [5.41, 5.74) is 6.88. The van der Waals surface area contributed by atoms with Crippen molar-refractivity contribution in [3.63, 3.8) is 0 Å². The van der Waals surface area contributed by atoms with E-state index in [1.165, 1.54) is 23.5 Å². The molecule has 0 aliphatic carbocycles. The molecule has 1 heterocycles. The Morgan fingerprint density at radius 1 is 1.04 bits per heavy atom. The van der Waals surface area contributed by atoms with E-state index in [2.05, 4.69) is 5.32 Å². The lowest BCUT2D eigenvalue weighted by Gasteiger charge is -2.07. The highest BCUT2D eigenvalue weighted by Crippen LogP contribution is 2.33. The van der Waals surface area contributed by atoms with Gasteiger partial charge in [0.05, 0.1) is 5.56 Å². The Bertz CT molecular complexity index is 1040. The van der Waals surface area contributed by atoms with Crippen LogP contribution < -0.4 is 11.1 Å². The molecule has 1 amide bonds. The summed E-state index contributed by atoms with van der Waals surface area (Å²) >= 11 is 7.58. The molecular weight excluding hydrogens is 384 g/mol. The van der Waals surface area contributed by atoms with Gasteiger partial charge in [0.2, 0.25) is 0 Å². The molecule has 0 fully saturated rings. The minimum atomic E-state index is -1.24. The smallest absolute Gasteiger partial charge is 0.352 e. The van der Waals surface area contributed by atoms with Crippen molar-refractivity contribution in [3.05, 3.63) is 81.8 Å². The quantitative estimate of drug-likeness (QED) is 0.435. The summed E-state index contributed by atoms with van der Waals surface area (Å²) in [7, 11) is 0. The van der Waals surface area contributed by atoms with Crippen LogP contribution in [0.5, 0.6) is 0 Å². The number of nitrogens with two attached hydrogens (primary N) is 1. The molecule has 0 saturated carbocycles. The SMILES string of the molecule is Nc1ccccc1C(=O)N/C(=C\c1ccc(-c2ccccc2Cl)s1)C(=O)O. The molecule has 5 nitrogen and oxygen atoms in total. The second kappa shape index (κ2) is 8.07. The monoisotopic (exact) mass is 398 g/mol. The number of carbonyl (C=O) groups is 2. The Morgan fingerprint density at radius 3 is 2.44 bits per heavy atom. The number of halogens is 1. The number of anilines is 1. The number of amides is 1. The van der Waals surface area contributed by atoms with Gasteiger partial charge < -0.3 is 16.2 Å². The first-order valence-corrected chi connectivity index (χ1v) is 9.10. The van der Waals surface area contributed by atoms with Crippen LogP contribution in [-0.4, -0.2) is 17.0 Å². The number of nitrogen functional groups attached to an aromatic ring is 1. The number of benzene rings is 2. The van der Waals surface area contributed by atoms with E-state index in [0.717, 1.165) is 10.4 Å². The molecule has 4 N–H and O–H groups in total. The average molecular weight is 399 g/mol. The van der Waals surface area contributed by atoms with Crippen LogP contribution in [0.25, 0.3) is 16.5 Å². The fraction of sp³-hybridized carbons (Fsp3) is 0. The third-order valence-corrected chi connectivity index (χ3v) is 5.13. The Morgan fingerprint density at radius 2 is 1.74 bits per heavy atom. The number of para-hydroxylation sites is 1. The average Bonchev–Trinajstić information content (AvgIpc) is 3.10. The fourth-order valence-electron chi connectivity index (χ4n) is 2.42. The topological polar surface area (TPSA) is 92.4 Å². The Hall–Kier alpha value is -3.09. The summed E-state index contributed by atoms with van der Waals surface area (Å²) in [6.07, 6.45) is 1.41. The normalized spacial score (nSPS) is 11.2. The molecule has 0 aliphatic rings. The molecule has 0 spiro atoms. The van der Waals surface area contributed by atoms with Crippen molar-refractivity contribution in [3.8, 4) is 10.4 Å². The van der Waals surface area contributed by atoms with Crippen LogP contribution in [0.4, 0.5) is 5.69 Å². The molecule has 1 aromatic heterocycles. The highest BCUT2D eigenvalue weighted by atomic mass is 35.5. The molecular formula is C20H15ClN2O3S. The van der Waals surface area contributed by atoms with Gasteiger partial charge in [-0.1, -0.05) is 41.9 Å². The van der Waals surface area contributed by atoms with Crippen LogP contribution in [-0.2, 0) is 4.79 Å². The highest BCUT2D eigenvalue weighted by molar-refractivity contribution is 7.16. The Labute approximate surface area is 164 Å². The van der Waals surface area contributed by atoms with Gasteiger partial charge in [-0.2, -0.15) is 0 Å². The van der Waals surface area contributed by atoms with Gasteiger partial charge in [-0.3, -0.25) is 4.79 Å². The van der Waals surface area contributed by atoms with Crippen LogP contribution in [0.15, 0.2) is 66.4 Å². The maximum atomic E-state index is 12.3. The van der Waals surface area contributed by atoms with E-state index >= 15 is 0 Å². The second-order valence-electron chi connectivity index (χ2n) is 5.59. The van der Waals surface area contributed by atoms with Crippen LogP contribution in [0, 0.1) is 0 Å². The standard InChI is InChI=1S/C20H15ClN2O3S/c21-15-7-3-1-5-13(15)18-10-9-12(27-18)11-17(20(25)26)23-19(24)14-6-2-4-8-16(14)22/h1-11H,22H2,(H,23,24)(H,25,26)/b17-11-. The van der Waals surface area contributed by atoms with Gasteiger partial charge in [-0.15, -0.1) is 11.3 Å². The first kappa shape index (κ1) is 18.7. The minimum Gasteiger partial charge on any atom is -0.477 e. The Kier molecular flexibility index (Phi) is 5.59. The third kappa shape index (κ3) is 4.36. The van der Waals surface area contributed by atoms with Crippen molar-refractivity contribution in [2.24, 2.45) is 0 Å². The molecule has 0 saturated heterocycles. The number of aliphatic carboxylic acids is 1. The summed E-state index contributed by atoms with van der Waals surface area (Å²) in [4.78, 5) is 25.5. The van der Waals surface area contributed by atoms with Crippen molar-refractivity contribution in [2.45, 2.75) is 0 Å². The summed E-state index contributed by atoms with van der Waals surface area (Å²) in [6, 6.07) is 17.5. The molecule has 27 heavy (non-hydrogen) atoms. The van der Waals surface area contributed by atoms with E-state index in [9.17, 15) is 14.7 Å². The summed E-state index contributed by atoms with van der Waals surface area (Å²) in [5, 5.41) is 12.5. The molecule has 136 valence electrons. The number of carboxylic acid groups (broad SMARTS) is 1. The van der Waals surface area contributed by atoms with Crippen LogP contribution in [0.3, 0.4) is 0 Å². The second-order valence-corrected chi connectivity index (χ2v) is 7.11. The lowest BCUT2D eigenvalue weighted by atomic mass is 10.1. The van der Waals surface area contributed by atoms with E-state index in [1.54, 1.807) is 30.3 Å². The number of thiophene rings is 1. The maximum Gasteiger partial charge on any atom is 0.352 e. The van der Waals surface area contributed by atoms with Crippen molar-refractivity contribution in [1.82, 2.24) is 5.32 Å². The van der Waals surface area contributed by atoms with Crippen LogP contribution in [0.2, 0.25) is 5.02 Å². The number of rotatable bonds is 5. The fourth-order valence-corrected chi connectivity index (χ4v) is 3.71. The molecule has 3 rings (SSSR count). The van der Waals surface area contributed by atoms with Crippen molar-refractivity contribution < 1.29 is 14.7 Å². The van der Waals surface area contributed by atoms with Gasteiger partial charge in [0.25, 0.3) is 5.91 Å². The summed E-state index contributed by atoms with van der Waals surface area (Å²) in [5.74, 6) is -1.82. The molecule has 0 unspecified atom stereocenters. The summed E-state index contributed by atoms with van der Waals surface area (Å²) in [6.45, 7) is 0. The third-order valence-electron chi connectivity index (χ3n) is 3.74. The number of hydrogen-bond acceptors (Lipinski definition) is 4. The molecule has 7 heteroatoms. The molecule has 0 aliphatic heterocycles. The lowest BCUT2D eigenvalue weighted by Crippen LogP contribution is -2.27. The van der Waals surface area contributed by atoms with Crippen molar-refractivity contribution in [1.29, 1.82) is 0 Å². The molecule has 2 aromatic carbocycles. The van der Waals surface area contributed by atoms with E-state index in [1.807, 2.05) is 24.3 Å². The zero-order valence-corrected chi connectivity index (χ0v) is 15.6. The highest BCUT2D eigenvalue weighted by Gasteiger charge is 2.16. The molecule has 3 aromatic rings. The van der Waals surface area contributed by atoms with Gasteiger partial charge in [-0.05, 0) is 36.4 Å². The first-order chi connectivity index (χ1) is 13.0. The largest absolute Gasteiger partial charge is 0.477 e. The van der Waals surface area contributed by atoms with Gasteiger partial charge in [0.1, 0.15) is 5.70 Å². The van der Waals surface area contributed by atoms with E-state index in [0.29, 0.717) is 9.90 Å². The first-order valence-electron chi connectivity index (χ1n) is 7.91. The number of carbonyl (C=O) groups excluding carboxylic acids is 1. The predicted molar refractivity (Wildman–Crippen MR) is 109 cm³/mol. The lowest BCUT2D eigenvalue weighted by molar-refractivity contribution is -0.132. The number of hydrogen-bond donors (Lipinski definition) is 3. The van der Waals surface area contributed by atoms with Gasteiger partial charge in [0, 0.05) is 26.0 Å². The number of carboxylic acids is 1. The van der Waals surface area contributed by atoms with Crippen molar-refractivity contribution >= 4 is 46.6 Å². The van der Waals surface area contributed by atoms with Crippen LogP contribution in [0.1, 0.15) is 15.2 Å². The minimum absolute atomic E-state index is 0.215. The predicted octanol–water partition coefficient (Wildman–Crippen LogP) is 4.51. The molecule has 0 atom stereocenters. The van der Waals surface area contributed by atoms with E-state index in [-0.39, 0.29) is 16.9 Å². The van der Waals surface area contributed by atoms with Crippen LogP contribution >= 0.6 is 22.9 Å². The van der Waals surface area contributed by atoms with E-state index < -0.39 is 11.9 Å². The van der Waals surface area contributed by atoms with E-state index in [4.69, 9.17) is 17.3 Å². The number of nitrogens with one attached hydrogen (secondary N) is 1. The van der Waals surface area contributed by atoms with Gasteiger partial charge >= 0.3 is 5.97 Å². The van der Waals surface area contributed by atoms with Crippen molar-refractivity contribution in [2.75, 3.05) is 5.73 Å². The zero-order valence-electron chi connectivity index (χ0n) is 14.0. The Balaban J connectivity index is 1.87. The summed E-state index contributed by atoms with van der Waals surface area (Å²) < 4.78 is 0. The molecule has 0 bridgehead atoms.